The fraction of sp³-hybridized carbons (Fsp3) is 0.235. The van der Waals surface area contributed by atoms with Crippen molar-refractivity contribution in [1.82, 2.24) is 0 Å². The molecule has 1 aromatic carbocycles. The number of nitrogens with one attached hydrogen (secondary N) is 1. The second kappa shape index (κ2) is 8.64. The van der Waals surface area contributed by atoms with Crippen molar-refractivity contribution in [1.29, 1.82) is 0 Å². The largest absolute Gasteiger partial charge is 0.550 e. The Labute approximate surface area is 153 Å². The summed E-state index contributed by atoms with van der Waals surface area (Å²) in [6.45, 7) is 0. The van der Waals surface area contributed by atoms with Gasteiger partial charge in [-0.2, -0.15) is 0 Å². The van der Waals surface area contributed by atoms with Crippen LogP contribution in [-0.2, 0) is 14.3 Å². The molecule has 0 radical (unpaired) electrons. The molecule has 6 nitrogen and oxygen atoms in total. The first-order chi connectivity index (χ1) is 11.9. The van der Waals surface area contributed by atoms with Crippen LogP contribution in [-0.4, -0.2) is 25.0 Å². The predicted molar refractivity (Wildman–Crippen MR) is 93.6 cm³/mol. The zero-order valence-corrected chi connectivity index (χ0v) is 14.9. The third-order valence-electron chi connectivity index (χ3n) is 3.37. The summed E-state index contributed by atoms with van der Waals surface area (Å²) in [4.78, 5) is 34.5. The maximum absolute atomic E-state index is 12.2. The number of methoxy groups -OCH3 is 1. The summed E-state index contributed by atoms with van der Waals surface area (Å²) in [7, 11) is 1.26. The van der Waals surface area contributed by atoms with E-state index in [0.29, 0.717) is 15.6 Å². The van der Waals surface area contributed by atoms with E-state index in [9.17, 15) is 19.5 Å². The molecule has 25 heavy (non-hydrogen) atoms. The standard InChI is InChI=1S/C17H16ClNO5S/c1-24-17(23)15-12(10-5-7-11(18)8-6-10)9-25-16(15)19-13(20)3-2-4-14(21)22/h5-9H,2-4H2,1H3,(H,19,20)(H,21,22)/p-1. The molecule has 0 unspecified atom stereocenters. The molecule has 132 valence electrons. The summed E-state index contributed by atoms with van der Waals surface area (Å²) in [6, 6.07) is 6.94. The first-order valence-corrected chi connectivity index (χ1v) is 8.63. The van der Waals surface area contributed by atoms with Crippen LogP contribution in [0.15, 0.2) is 29.6 Å². The van der Waals surface area contributed by atoms with Crippen molar-refractivity contribution in [3.05, 3.63) is 40.2 Å². The highest BCUT2D eigenvalue weighted by atomic mass is 35.5. The monoisotopic (exact) mass is 380 g/mol. The molecule has 0 fully saturated rings. The molecule has 1 amide bonds. The molecule has 0 aliphatic heterocycles. The number of anilines is 1. The minimum absolute atomic E-state index is 0.0166. The molecule has 1 N–H and O–H groups in total. The molecule has 0 saturated heterocycles. The Morgan fingerprint density at radius 1 is 1.20 bits per heavy atom. The van der Waals surface area contributed by atoms with E-state index in [-0.39, 0.29) is 30.7 Å². The lowest BCUT2D eigenvalue weighted by Crippen LogP contribution is -2.22. The van der Waals surface area contributed by atoms with Gasteiger partial charge in [0.25, 0.3) is 0 Å². The zero-order valence-electron chi connectivity index (χ0n) is 13.3. The Balaban J connectivity index is 2.24. The number of rotatable bonds is 7. The highest BCUT2D eigenvalue weighted by molar-refractivity contribution is 7.15. The molecular formula is C17H15ClNO5S-. The second-order valence-electron chi connectivity index (χ2n) is 5.13. The number of amides is 1. The molecule has 2 rings (SSSR count). The van der Waals surface area contributed by atoms with Crippen molar-refractivity contribution in [3.63, 3.8) is 0 Å². The van der Waals surface area contributed by atoms with Crippen molar-refractivity contribution in [3.8, 4) is 11.1 Å². The number of ether oxygens (including phenoxy) is 1. The van der Waals surface area contributed by atoms with Crippen LogP contribution in [0.3, 0.4) is 0 Å². The molecule has 0 bridgehead atoms. The van der Waals surface area contributed by atoms with E-state index in [1.54, 1.807) is 29.6 Å². The number of hydrogen-bond acceptors (Lipinski definition) is 6. The van der Waals surface area contributed by atoms with Gasteiger partial charge in [0.15, 0.2) is 0 Å². The van der Waals surface area contributed by atoms with Gasteiger partial charge in [0, 0.05) is 28.4 Å². The van der Waals surface area contributed by atoms with Crippen LogP contribution in [0.1, 0.15) is 29.6 Å². The third-order valence-corrected chi connectivity index (χ3v) is 4.52. The summed E-state index contributed by atoms with van der Waals surface area (Å²) in [5.41, 5.74) is 1.64. The van der Waals surface area contributed by atoms with Crippen molar-refractivity contribution < 1.29 is 24.2 Å². The van der Waals surface area contributed by atoms with Crippen LogP contribution in [0.25, 0.3) is 11.1 Å². The van der Waals surface area contributed by atoms with Crippen molar-refractivity contribution in [2.75, 3.05) is 12.4 Å². The Morgan fingerprint density at radius 3 is 2.48 bits per heavy atom. The Morgan fingerprint density at radius 2 is 1.88 bits per heavy atom. The van der Waals surface area contributed by atoms with E-state index in [1.165, 1.54) is 18.4 Å². The molecule has 0 atom stereocenters. The summed E-state index contributed by atoms with van der Waals surface area (Å²) in [5.74, 6) is -2.16. The van der Waals surface area contributed by atoms with E-state index < -0.39 is 11.9 Å². The number of carbonyl (C=O) groups excluding carboxylic acids is 3. The summed E-state index contributed by atoms with van der Waals surface area (Å²) in [5, 5.41) is 15.7. The lowest BCUT2D eigenvalue weighted by molar-refractivity contribution is -0.305. The lowest BCUT2D eigenvalue weighted by Gasteiger charge is -2.08. The first kappa shape index (κ1) is 19.0. The molecular weight excluding hydrogens is 366 g/mol. The Hall–Kier alpha value is -2.38. The van der Waals surface area contributed by atoms with E-state index in [2.05, 4.69) is 5.32 Å². The number of thiophene rings is 1. The van der Waals surface area contributed by atoms with Gasteiger partial charge in [0.05, 0.1) is 7.11 Å². The maximum atomic E-state index is 12.2. The van der Waals surface area contributed by atoms with Crippen LogP contribution < -0.4 is 10.4 Å². The number of hydrogen-bond donors (Lipinski definition) is 1. The first-order valence-electron chi connectivity index (χ1n) is 7.37. The maximum Gasteiger partial charge on any atom is 0.341 e. The number of carboxylic acids is 1. The number of carbonyl (C=O) groups is 3. The van der Waals surface area contributed by atoms with E-state index in [1.807, 2.05) is 0 Å². The molecule has 1 aromatic heterocycles. The van der Waals surface area contributed by atoms with E-state index in [4.69, 9.17) is 16.3 Å². The van der Waals surface area contributed by atoms with Gasteiger partial charge < -0.3 is 20.0 Å². The topological polar surface area (TPSA) is 95.5 Å². The number of benzene rings is 1. The molecule has 8 heteroatoms. The highest BCUT2D eigenvalue weighted by Gasteiger charge is 2.22. The van der Waals surface area contributed by atoms with Gasteiger partial charge in [-0.3, -0.25) is 4.79 Å². The fourth-order valence-corrected chi connectivity index (χ4v) is 3.28. The number of esters is 1. The lowest BCUT2D eigenvalue weighted by atomic mass is 10.0. The zero-order chi connectivity index (χ0) is 18.4. The average Bonchev–Trinajstić information content (AvgIpc) is 2.98. The van der Waals surface area contributed by atoms with E-state index in [0.717, 1.165) is 5.56 Å². The van der Waals surface area contributed by atoms with Gasteiger partial charge in [-0.25, -0.2) is 4.79 Å². The van der Waals surface area contributed by atoms with Gasteiger partial charge in [0.2, 0.25) is 5.91 Å². The van der Waals surface area contributed by atoms with Gasteiger partial charge >= 0.3 is 5.97 Å². The third kappa shape index (κ3) is 5.04. The second-order valence-corrected chi connectivity index (χ2v) is 6.44. The normalized spacial score (nSPS) is 10.3. The van der Waals surface area contributed by atoms with Gasteiger partial charge in [-0.1, -0.05) is 23.7 Å². The van der Waals surface area contributed by atoms with Crippen molar-refractivity contribution >= 4 is 45.8 Å². The minimum atomic E-state index is -1.20. The van der Waals surface area contributed by atoms with Crippen LogP contribution in [0.2, 0.25) is 5.02 Å². The summed E-state index contributed by atoms with van der Waals surface area (Å²) in [6.07, 6.45) is -0.0162. The van der Waals surface area contributed by atoms with Crippen LogP contribution >= 0.6 is 22.9 Å². The SMILES string of the molecule is COC(=O)c1c(-c2ccc(Cl)cc2)csc1NC(=O)CCCC(=O)[O-]. The fourth-order valence-electron chi connectivity index (χ4n) is 2.18. The van der Waals surface area contributed by atoms with E-state index >= 15 is 0 Å². The summed E-state index contributed by atoms with van der Waals surface area (Å²) < 4.78 is 4.82. The van der Waals surface area contributed by atoms with Crippen molar-refractivity contribution in [2.24, 2.45) is 0 Å². The molecule has 0 saturated carbocycles. The number of aliphatic carboxylic acids is 1. The van der Waals surface area contributed by atoms with Crippen LogP contribution in [0.4, 0.5) is 5.00 Å². The average molecular weight is 381 g/mol. The Kier molecular flexibility index (Phi) is 6.55. The minimum Gasteiger partial charge on any atom is -0.550 e. The smallest absolute Gasteiger partial charge is 0.341 e. The molecule has 0 spiro atoms. The molecule has 0 aliphatic carbocycles. The predicted octanol–water partition coefficient (Wildman–Crippen LogP) is 2.71. The highest BCUT2D eigenvalue weighted by Crippen LogP contribution is 2.36. The summed E-state index contributed by atoms with van der Waals surface area (Å²) >= 11 is 7.07. The molecule has 1 heterocycles. The quantitative estimate of drug-likeness (QED) is 0.745. The van der Waals surface area contributed by atoms with Gasteiger partial charge in [-0.05, 0) is 30.5 Å². The molecule has 2 aromatic rings. The van der Waals surface area contributed by atoms with Crippen molar-refractivity contribution in [2.45, 2.75) is 19.3 Å². The van der Waals surface area contributed by atoms with Gasteiger partial charge in [-0.15, -0.1) is 11.3 Å². The molecule has 0 aliphatic rings. The van der Waals surface area contributed by atoms with Crippen LogP contribution in [0.5, 0.6) is 0 Å². The Bertz CT molecular complexity index is 785. The number of halogens is 1. The van der Waals surface area contributed by atoms with Gasteiger partial charge in [0.1, 0.15) is 10.6 Å². The number of carboxylic acid groups (broad SMARTS) is 1. The van der Waals surface area contributed by atoms with Crippen LogP contribution in [0, 0.1) is 0 Å².